The number of aromatic carboxylic acids is 1. The summed E-state index contributed by atoms with van der Waals surface area (Å²) in [5, 5.41) is 8.87. The van der Waals surface area contributed by atoms with Gasteiger partial charge in [0.1, 0.15) is 0 Å². The van der Waals surface area contributed by atoms with Gasteiger partial charge in [-0.15, -0.1) is 0 Å². The summed E-state index contributed by atoms with van der Waals surface area (Å²) in [5.74, 6) is -0.882. The minimum Gasteiger partial charge on any atom is -0.478 e. The van der Waals surface area contributed by atoms with Gasteiger partial charge in [-0.1, -0.05) is 6.07 Å². The van der Waals surface area contributed by atoms with Crippen LogP contribution in [-0.2, 0) is 11.3 Å². The lowest BCUT2D eigenvalue weighted by atomic mass is 10.0. The van der Waals surface area contributed by atoms with E-state index in [0.29, 0.717) is 12.2 Å². The van der Waals surface area contributed by atoms with Gasteiger partial charge in [0.05, 0.1) is 12.2 Å². The van der Waals surface area contributed by atoms with E-state index in [2.05, 4.69) is 4.90 Å². The number of likely N-dealkylation sites (N-methyl/N-ethyl adjacent to an activating group) is 1. The Bertz CT molecular complexity index is 390. The number of carboxylic acid groups (broad SMARTS) is 1. The lowest BCUT2D eigenvalue weighted by molar-refractivity contribution is 0.0697. The maximum Gasteiger partial charge on any atom is 0.335 e. The normalized spacial score (nSPS) is 10.8. The van der Waals surface area contributed by atoms with E-state index in [1.807, 2.05) is 20.0 Å². The Kier molecular flexibility index (Phi) is 5.12. The molecule has 0 amide bonds. The highest BCUT2D eigenvalue weighted by molar-refractivity contribution is 5.87. The van der Waals surface area contributed by atoms with Gasteiger partial charge < -0.3 is 9.84 Å². The second-order valence-corrected chi connectivity index (χ2v) is 4.18. The number of ether oxygens (including phenoxy) is 1. The smallest absolute Gasteiger partial charge is 0.335 e. The third kappa shape index (κ3) is 4.17. The van der Waals surface area contributed by atoms with Crippen molar-refractivity contribution < 1.29 is 14.6 Å². The van der Waals surface area contributed by atoms with E-state index in [-0.39, 0.29) is 0 Å². The van der Waals surface area contributed by atoms with Crippen LogP contribution < -0.4 is 0 Å². The fraction of sp³-hybridized carbons (Fsp3) is 0.462. The molecule has 1 rings (SSSR count). The van der Waals surface area contributed by atoms with Crippen LogP contribution in [0, 0.1) is 6.92 Å². The SMILES string of the molecule is COCCN(C)Cc1ccc(C(=O)O)cc1C. The molecule has 0 spiro atoms. The zero-order valence-corrected chi connectivity index (χ0v) is 10.6. The van der Waals surface area contributed by atoms with Crippen molar-refractivity contribution in [3.05, 3.63) is 34.9 Å². The van der Waals surface area contributed by atoms with Crippen LogP contribution in [0.15, 0.2) is 18.2 Å². The number of rotatable bonds is 6. The molecule has 0 unspecified atom stereocenters. The summed E-state index contributed by atoms with van der Waals surface area (Å²) in [6.45, 7) is 4.29. The zero-order chi connectivity index (χ0) is 12.8. The van der Waals surface area contributed by atoms with E-state index < -0.39 is 5.97 Å². The summed E-state index contributed by atoms with van der Waals surface area (Å²) in [6.07, 6.45) is 0. The molecule has 0 aromatic heterocycles. The second-order valence-electron chi connectivity index (χ2n) is 4.18. The number of aryl methyl sites for hydroxylation is 1. The Morgan fingerprint density at radius 2 is 2.18 bits per heavy atom. The van der Waals surface area contributed by atoms with Crippen LogP contribution in [0.1, 0.15) is 21.5 Å². The summed E-state index contributed by atoms with van der Waals surface area (Å²) in [6, 6.07) is 5.23. The Morgan fingerprint density at radius 3 is 2.71 bits per heavy atom. The van der Waals surface area contributed by atoms with Crippen molar-refractivity contribution in [3.8, 4) is 0 Å². The van der Waals surface area contributed by atoms with E-state index in [1.165, 1.54) is 0 Å². The molecule has 1 aromatic rings. The molecule has 0 heterocycles. The molecule has 0 aliphatic rings. The van der Waals surface area contributed by atoms with Crippen molar-refractivity contribution in [2.24, 2.45) is 0 Å². The standard InChI is InChI=1S/C13H19NO3/c1-10-8-11(13(15)16)4-5-12(10)9-14(2)6-7-17-3/h4-5,8H,6-7,9H2,1-3H3,(H,15,16). The lowest BCUT2D eigenvalue weighted by Crippen LogP contribution is -2.22. The first kappa shape index (κ1) is 13.7. The van der Waals surface area contributed by atoms with Crippen molar-refractivity contribution in [1.82, 2.24) is 4.90 Å². The van der Waals surface area contributed by atoms with Crippen LogP contribution in [0.4, 0.5) is 0 Å². The molecule has 0 aliphatic carbocycles. The average molecular weight is 237 g/mol. The van der Waals surface area contributed by atoms with Crippen molar-refractivity contribution in [1.29, 1.82) is 0 Å². The maximum atomic E-state index is 10.8. The predicted octanol–water partition coefficient (Wildman–Crippen LogP) is 1.77. The number of carboxylic acids is 1. The Labute approximate surface area is 102 Å². The van der Waals surface area contributed by atoms with Gasteiger partial charge in [0.15, 0.2) is 0 Å². The van der Waals surface area contributed by atoms with Gasteiger partial charge in [0, 0.05) is 20.2 Å². The molecule has 0 aliphatic heterocycles. The van der Waals surface area contributed by atoms with Gasteiger partial charge in [0.2, 0.25) is 0 Å². The highest BCUT2D eigenvalue weighted by Gasteiger charge is 2.07. The number of methoxy groups -OCH3 is 1. The third-order valence-corrected chi connectivity index (χ3v) is 2.71. The fourth-order valence-corrected chi connectivity index (χ4v) is 1.62. The number of hydrogen-bond donors (Lipinski definition) is 1. The van der Waals surface area contributed by atoms with Crippen molar-refractivity contribution >= 4 is 5.97 Å². The Balaban J connectivity index is 2.69. The van der Waals surface area contributed by atoms with Gasteiger partial charge in [-0.2, -0.15) is 0 Å². The molecular weight excluding hydrogens is 218 g/mol. The molecule has 1 N–H and O–H groups in total. The first-order valence-corrected chi connectivity index (χ1v) is 5.55. The summed E-state index contributed by atoms with van der Waals surface area (Å²) in [4.78, 5) is 12.9. The molecule has 0 fully saturated rings. The molecule has 0 saturated heterocycles. The molecule has 0 atom stereocenters. The van der Waals surface area contributed by atoms with Gasteiger partial charge in [0.25, 0.3) is 0 Å². The molecule has 94 valence electrons. The van der Waals surface area contributed by atoms with Crippen LogP contribution in [0.5, 0.6) is 0 Å². The highest BCUT2D eigenvalue weighted by Crippen LogP contribution is 2.13. The molecule has 4 heteroatoms. The van der Waals surface area contributed by atoms with Crippen LogP contribution in [-0.4, -0.2) is 43.3 Å². The first-order chi connectivity index (χ1) is 8.04. The average Bonchev–Trinajstić information content (AvgIpc) is 2.28. The number of hydrogen-bond acceptors (Lipinski definition) is 3. The van der Waals surface area contributed by atoms with E-state index in [0.717, 1.165) is 24.2 Å². The van der Waals surface area contributed by atoms with E-state index in [9.17, 15) is 4.79 Å². The monoisotopic (exact) mass is 237 g/mol. The van der Waals surface area contributed by atoms with E-state index >= 15 is 0 Å². The number of benzene rings is 1. The minimum absolute atomic E-state index is 0.339. The minimum atomic E-state index is -0.882. The fourth-order valence-electron chi connectivity index (χ4n) is 1.62. The second kappa shape index (κ2) is 6.37. The summed E-state index contributed by atoms with van der Waals surface area (Å²) < 4.78 is 5.01. The first-order valence-electron chi connectivity index (χ1n) is 5.55. The zero-order valence-electron chi connectivity index (χ0n) is 10.6. The van der Waals surface area contributed by atoms with Gasteiger partial charge in [-0.3, -0.25) is 4.90 Å². The quantitative estimate of drug-likeness (QED) is 0.819. The van der Waals surface area contributed by atoms with Gasteiger partial charge in [-0.25, -0.2) is 4.79 Å². The van der Waals surface area contributed by atoms with Crippen LogP contribution in [0.25, 0.3) is 0 Å². The molecule has 0 radical (unpaired) electrons. The van der Waals surface area contributed by atoms with Crippen molar-refractivity contribution in [2.45, 2.75) is 13.5 Å². The molecule has 0 bridgehead atoms. The molecule has 1 aromatic carbocycles. The van der Waals surface area contributed by atoms with Crippen LogP contribution in [0.2, 0.25) is 0 Å². The summed E-state index contributed by atoms with van der Waals surface area (Å²) >= 11 is 0. The summed E-state index contributed by atoms with van der Waals surface area (Å²) in [7, 11) is 3.70. The van der Waals surface area contributed by atoms with Crippen molar-refractivity contribution in [3.63, 3.8) is 0 Å². The highest BCUT2D eigenvalue weighted by atomic mass is 16.5. The number of carbonyl (C=O) groups is 1. The van der Waals surface area contributed by atoms with E-state index in [1.54, 1.807) is 19.2 Å². The Hall–Kier alpha value is -1.39. The molecular formula is C13H19NO3. The Morgan fingerprint density at radius 1 is 1.47 bits per heavy atom. The maximum absolute atomic E-state index is 10.8. The van der Waals surface area contributed by atoms with E-state index in [4.69, 9.17) is 9.84 Å². The third-order valence-electron chi connectivity index (χ3n) is 2.71. The molecule has 17 heavy (non-hydrogen) atoms. The van der Waals surface area contributed by atoms with Crippen LogP contribution >= 0.6 is 0 Å². The summed E-state index contributed by atoms with van der Waals surface area (Å²) in [5.41, 5.74) is 2.49. The molecule has 0 saturated carbocycles. The molecule has 4 nitrogen and oxygen atoms in total. The van der Waals surface area contributed by atoms with Crippen LogP contribution in [0.3, 0.4) is 0 Å². The number of nitrogens with zero attached hydrogens (tertiary/aromatic N) is 1. The topological polar surface area (TPSA) is 49.8 Å². The lowest BCUT2D eigenvalue weighted by Gasteiger charge is -2.17. The van der Waals surface area contributed by atoms with Gasteiger partial charge in [-0.05, 0) is 37.2 Å². The largest absolute Gasteiger partial charge is 0.478 e. The van der Waals surface area contributed by atoms with Crippen molar-refractivity contribution in [2.75, 3.05) is 27.3 Å². The van der Waals surface area contributed by atoms with Gasteiger partial charge >= 0.3 is 5.97 Å². The predicted molar refractivity (Wildman–Crippen MR) is 66.3 cm³/mol.